The average molecular weight is 398 g/mol. The fourth-order valence-corrected chi connectivity index (χ4v) is 2.25. The van der Waals surface area contributed by atoms with Gasteiger partial charge in [0.2, 0.25) is 0 Å². The summed E-state index contributed by atoms with van der Waals surface area (Å²) in [6.45, 7) is 1.70. The Hall–Kier alpha value is -3.11. The molecular formula is C14H13Cl2N7O3. The Morgan fingerprint density at radius 3 is 2.77 bits per heavy atom. The van der Waals surface area contributed by atoms with Crippen molar-refractivity contribution in [2.45, 2.75) is 6.92 Å². The quantitative estimate of drug-likeness (QED) is 0.292. The summed E-state index contributed by atoms with van der Waals surface area (Å²) < 4.78 is 6.86. The Kier molecular flexibility index (Phi) is 5.80. The topological polar surface area (TPSA) is 137 Å². The molecule has 136 valence electrons. The van der Waals surface area contributed by atoms with E-state index in [-0.39, 0.29) is 29.1 Å². The van der Waals surface area contributed by atoms with Crippen LogP contribution in [-0.4, -0.2) is 26.0 Å². The third-order valence-corrected chi connectivity index (χ3v) is 3.59. The number of nitro benzene ring substituents is 1. The number of nitrogens with one attached hydrogen (secondary N) is 1. The van der Waals surface area contributed by atoms with E-state index >= 15 is 0 Å². The van der Waals surface area contributed by atoms with Crippen LogP contribution >= 0.6 is 24.0 Å². The number of anilines is 1. The molecular weight excluding hydrogens is 385 g/mol. The van der Waals surface area contributed by atoms with Crippen molar-refractivity contribution in [1.29, 1.82) is 0 Å². The fraction of sp³-hybridized carbons (Fsp3) is 0.0714. The number of aryl methyl sites for hydroxylation is 1. The highest BCUT2D eigenvalue weighted by molar-refractivity contribution is 6.33. The molecule has 12 heteroatoms. The average Bonchev–Trinajstić information content (AvgIpc) is 3.16. The first-order valence-corrected chi connectivity index (χ1v) is 7.34. The van der Waals surface area contributed by atoms with Crippen LogP contribution in [0.15, 0.2) is 39.9 Å². The van der Waals surface area contributed by atoms with E-state index in [9.17, 15) is 10.1 Å². The van der Waals surface area contributed by atoms with E-state index < -0.39 is 4.92 Å². The molecule has 0 saturated heterocycles. The molecule has 26 heavy (non-hydrogen) atoms. The smallest absolute Gasteiger partial charge is 0.270 e. The third kappa shape index (κ3) is 3.92. The van der Waals surface area contributed by atoms with Crippen molar-refractivity contribution in [2.24, 2.45) is 5.10 Å². The predicted molar refractivity (Wildman–Crippen MR) is 99.2 cm³/mol. The normalized spacial score (nSPS) is 10.7. The number of furan rings is 1. The minimum Gasteiger partial charge on any atom is -0.455 e. The Balaban J connectivity index is 0.00000243. The molecule has 10 nitrogen and oxygen atoms in total. The SMILES string of the molecule is Cc1nnc(NN=Cc2ccc(-c3ccc([N+](=O)[O-])cc3Cl)o2)n1N.Cl. The number of hydrazone groups is 1. The molecule has 0 atom stereocenters. The Bertz CT molecular complexity index is 967. The highest BCUT2D eigenvalue weighted by atomic mass is 35.5. The molecule has 1 aromatic carbocycles. The van der Waals surface area contributed by atoms with Gasteiger partial charge < -0.3 is 10.3 Å². The van der Waals surface area contributed by atoms with Gasteiger partial charge in [0.1, 0.15) is 11.5 Å². The lowest BCUT2D eigenvalue weighted by Gasteiger charge is -2.00. The molecule has 0 unspecified atom stereocenters. The molecule has 0 saturated carbocycles. The zero-order valence-corrected chi connectivity index (χ0v) is 14.9. The first-order chi connectivity index (χ1) is 12.0. The Labute approximate surface area is 158 Å². The maximum Gasteiger partial charge on any atom is 0.270 e. The first kappa shape index (κ1) is 19.2. The lowest BCUT2D eigenvalue weighted by atomic mass is 10.1. The molecule has 0 aliphatic rings. The predicted octanol–water partition coefficient (Wildman–Crippen LogP) is 2.99. The van der Waals surface area contributed by atoms with Crippen molar-refractivity contribution in [3.63, 3.8) is 0 Å². The number of hydrogen-bond acceptors (Lipinski definition) is 8. The second-order valence-electron chi connectivity index (χ2n) is 4.93. The minimum atomic E-state index is -0.514. The maximum atomic E-state index is 10.7. The van der Waals surface area contributed by atoms with Gasteiger partial charge in [0, 0.05) is 17.7 Å². The summed E-state index contributed by atoms with van der Waals surface area (Å²) in [5.74, 6) is 7.39. The summed E-state index contributed by atoms with van der Waals surface area (Å²) in [5.41, 5.74) is 3.08. The summed E-state index contributed by atoms with van der Waals surface area (Å²) in [6.07, 6.45) is 1.42. The highest BCUT2D eigenvalue weighted by Crippen LogP contribution is 2.32. The number of nitrogens with zero attached hydrogens (tertiary/aromatic N) is 5. The number of nitrogen functional groups attached to an aromatic ring is 1. The van der Waals surface area contributed by atoms with Gasteiger partial charge in [0.15, 0.2) is 5.82 Å². The van der Waals surface area contributed by atoms with Gasteiger partial charge in [-0.25, -0.2) is 10.1 Å². The van der Waals surface area contributed by atoms with Crippen molar-refractivity contribution in [2.75, 3.05) is 11.3 Å². The van der Waals surface area contributed by atoms with Crippen LogP contribution in [0, 0.1) is 17.0 Å². The van der Waals surface area contributed by atoms with Gasteiger partial charge in [0.05, 0.1) is 16.2 Å². The number of aromatic nitrogens is 3. The van der Waals surface area contributed by atoms with Crippen LogP contribution in [0.5, 0.6) is 0 Å². The van der Waals surface area contributed by atoms with Gasteiger partial charge in [-0.1, -0.05) is 11.6 Å². The van der Waals surface area contributed by atoms with E-state index in [1.54, 1.807) is 19.1 Å². The molecule has 0 spiro atoms. The molecule has 2 heterocycles. The third-order valence-electron chi connectivity index (χ3n) is 3.28. The lowest BCUT2D eigenvalue weighted by Crippen LogP contribution is -2.13. The number of non-ortho nitro benzene ring substituents is 1. The van der Waals surface area contributed by atoms with Crippen molar-refractivity contribution < 1.29 is 9.34 Å². The van der Waals surface area contributed by atoms with Gasteiger partial charge in [0.25, 0.3) is 11.6 Å². The maximum absolute atomic E-state index is 10.7. The van der Waals surface area contributed by atoms with E-state index in [1.807, 2.05) is 0 Å². The van der Waals surface area contributed by atoms with Crippen molar-refractivity contribution >= 4 is 41.9 Å². The van der Waals surface area contributed by atoms with E-state index in [0.717, 1.165) is 0 Å². The van der Waals surface area contributed by atoms with Crippen LogP contribution in [-0.2, 0) is 0 Å². The molecule has 0 aliphatic heterocycles. The van der Waals surface area contributed by atoms with Gasteiger partial charge in [-0.3, -0.25) is 10.1 Å². The van der Waals surface area contributed by atoms with Crippen LogP contribution in [0.25, 0.3) is 11.3 Å². The fourth-order valence-electron chi connectivity index (χ4n) is 1.98. The van der Waals surface area contributed by atoms with Crippen LogP contribution in [0.3, 0.4) is 0 Å². The zero-order valence-electron chi connectivity index (χ0n) is 13.3. The number of benzene rings is 1. The second kappa shape index (κ2) is 7.85. The van der Waals surface area contributed by atoms with Crippen molar-refractivity contribution in [3.8, 4) is 11.3 Å². The Morgan fingerprint density at radius 1 is 1.38 bits per heavy atom. The molecule has 0 aliphatic carbocycles. The molecule has 0 fully saturated rings. The zero-order chi connectivity index (χ0) is 18.0. The van der Waals surface area contributed by atoms with Crippen molar-refractivity contribution in [3.05, 3.63) is 57.1 Å². The van der Waals surface area contributed by atoms with Gasteiger partial charge in [-0.2, -0.15) is 5.10 Å². The van der Waals surface area contributed by atoms with Gasteiger partial charge in [-0.05, 0) is 25.1 Å². The van der Waals surface area contributed by atoms with Crippen LogP contribution < -0.4 is 11.3 Å². The molecule has 0 bridgehead atoms. The number of hydrogen-bond donors (Lipinski definition) is 2. The number of rotatable bonds is 5. The number of nitro groups is 1. The molecule has 3 aromatic rings. The van der Waals surface area contributed by atoms with Gasteiger partial charge in [-0.15, -0.1) is 22.6 Å². The summed E-state index contributed by atoms with van der Waals surface area (Å²) >= 11 is 6.08. The molecule has 0 amide bonds. The first-order valence-electron chi connectivity index (χ1n) is 6.96. The summed E-state index contributed by atoms with van der Waals surface area (Å²) in [6, 6.07) is 7.51. The van der Waals surface area contributed by atoms with E-state index in [4.69, 9.17) is 21.9 Å². The van der Waals surface area contributed by atoms with E-state index in [0.29, 0.717) is 22.9 Å². The van der Waals surface area contributed by atoms with Gasteiger partial charge >= 0.3 is 0 Å². The molecule has 0 radical (unpaired) electrons. The second-order valence-corrected chi connectivity index (χ2v) is 5.34. The number of halogens is 2. The molecule has 3 rings (SSSR count). The Morgan fingerprint density at radius 2 is 2.15 bits per heavy atom. The largest absolute Gasteiger partial charge is 0.455 e. The minimum absolute atomic E-state index is 0. The molecule has 3 N–H and O–H groups in total. The van der Waals surface area contributed by atoms with Crippen LogP contribution in [0.1, 0.15) is 11.6 Å². The standard InChI is InChI=1S/C14H12ClN7O3.ClH/c1-8-18-20-14(21(8)16)19-17-7-10-3-5-13(25-10)11-4-2-9(22(23)24)6-12(11)15;/h2-7H,16H2,1H3,(H,19,20);1H. The summed E-state index contributed by atoms with van der Waals surface area (Å²) in [7, 11) is 0. The monoisotopic (exact) mass is 397 g/mol. The van der Waals surface area contributed by atoms with Crippen LogP contribution in [0.4, 0.5) is 11.6 Å². The highest BCUT2D eigenvalue weighted by Gasteiger charge is 2.13. The van der Waals surface area contributed by atoms with E-state index in [2.05, 4.69) is 20.7 Å². The summed E-state index contributed by atoms with van der Waals surface area (Å²) in [4.78, 5) is 10.2. The van der Waals surface area contributed by atoms with Crippen LogP contribution in [0.2, 0.25) is 5.02 Å². The number of nitrogens with two attached hydrogens (primary N) is 1. The van der Waals surface area contributed by atoms with E-state index in [1.165, 1.54) is 29.1 Å². The van der Waals surface area contributed by atoms with Crippen molar-refractivity contribution in [1.82, 2.24) is 14.9 Å². The lowest BCUT2D eigenvalue weighted by molar-refractivity contribution is -0.384. The molecule has 2 aromatic heterocycles. The summed E-state index contributed by atoms with van der Waals surface area (Å²) in [5, 5.41) is 22.5.